The van der Waals surface area contributed by atoms with Crippen molar-refractivity contribution >= 4 is 40.7 Å². The lowest BCUT2D eigenvalue weighted by molar-refractivity contribution is -0.126. The van der Waals surface area contributed by atoms with E-state index in [0.717, 1.165) is 25.7 Å². The zero-order valence-electron chi connectivity index (χ0n) is 13.3. The third-order valence-electron chi connectivity index (χ3n) is 4.15. The van der Waals surface area contributed by atoms with Crippen LogP contribution in [0.4, 0.5) is 5.69 Å². The van der Waals surface area contributed by atoms with Crippen molar-refractivity contribution in [1.29, 1.82) is 0 Å². The Kier molecular flexibility index (Phi) is 6.72. The Labute approximate surface area is 147 Å². The topological polar surface area (TPSA) is 49.4 Å². The molecule has 126 valence electrons. The fourth-order valence-corrected chi connectivity index (χ4v) is 3.48. The van der Waals surface area contributed by atoms with E-state index in [9.17, 15) is 9.59 Å². The number of amides is 2. The minimum atomic E-state index is -0.116. The fourth-order valence-electron chi connectivity index (χ4n) is 2.96. The SMILES string of the molecule is CC(=O)N(CCNC(=O)C1CCCCC1)c1cc(Cl)cc(Cl)c1. The molecule has 0 bridgehead atoms. The van der Waals surface area contributed by atoms with Gasteiger partial charge in [0.05, 0.1) is 0 Å². The molecule has 0 aliphatic heterocycles. The molecule has 0 saturated heterocycles. The summed E-state index contributed by atoms with van der Waals surface area (Å²) in [6.07, 6.45) is 5.40. The summed E-state index contributed by atoms with van der Waals surface area (Å²) in [4.78, 5) is 25.6. The second kappa shape index (κ2) is 8.55. The summed E-state index contributed by atoms with van der Waals surface area (Å²) in [5.41, 5.74) is 0.641. The van der Waals surface area contributed by atoms with Gasteiger partial charge in [-0.2, -0.15) is 0 Å². The highest BCUT2D eigenvalue weighted by Gasteiger charge is 2.21. The van der Waals surface area contributed by atoms with Gasteiger partial charge in [-0.1, -0.05) is 42.5 Å². The summed E-state index contributed by atoms with van der Waals surface area (Å²) in [5.74, 6) is 0.0997. The van der Waals surface area contributed by atoms with E-state index in [1.54, 1.807) is 23.1 Å². The minimum absolute atomic E-state index is 0.0947. The molecule has 1 aromatic rings. The number of carbonyl (C=O) groups excluding carboxylic acids is 2. The molecule has 23 heavy (non-hydrogen) atoms. The molecule has 2 amide bonds. The number of benzene rings is 1. The highest BCUT2D eigenvalue weighted by molar-refractivity contribution is 6.35. The zero-order chi connectivity index (χ0) is 16.8. The second-order valence-electron chi connectivity index (χ2n) is 5.92. The Hall–Kier alpha value is -1.26. The maximum absolute atomic E-state index is 12.1. The van der Waals surface area contributed by atoms with Crippen LogP contribution in [0.2, 0.25) is 10.0 Å². The molecule has 4 nitrogen and oxygen atoms in total. The monoisotopic (exact) mass is 356 g/mol. The van der Waals surface area contributed by atoms with Crippen molar-refractivity contribution in [1.82, 2.24) is 5.32 Å². The second-order valence-corrected chi connectivity index (χ2v) is 6.80. The van der Waals surface area contributed by atoms with Crippen LogP contribution in [0.3, 0.4) is 0 Å². The largest absolute Gasteiger partial charge is 0.354 e. The summed E-state index contributed by atoms with van der Waals surface area (Å²) in [6, 6.07) is 5.01. The zero-order valence-corrected chi connectivity index (χ0v) is 14.8. The van der Waals surface area contributed by atoms with Crippen molar-refractivity contribution in [3.63, 3.8) is 0 Å². The molecular formula is C17H22Cl2N2O2. The maximum atomic E-state index is 12.1. The van der Waals surface area contributed by atoms with Crippen LogP contribution in [0, 0.1) is 5.92 Å². The van der Waals surface area contributed by atoms with Crippen LogP contribution in [0.15, 0.2) is 18.2 Å². The average molecular weight is 357 g/mol. The van der Waals surface area contributed by atoms with Crippen LogP contribution in [0.25, 0.3) is 0 Å². The van der Waals surface area contributed by atoms with Crippen molar-refractivity contribution in [2.75, 3.05) is 18.0 Å². The van der Waals surface area contributed by atoms with E-state index in [2.05, 4.69) is 5.32 Å². The Balaban J connectivity index is 1.92. The van der Waals surface area contributed by atoms with E-state index in [1.807, 2.05) is 0 Å². The van der Waals surface area contributed by atoms with Crippen LogP contribution in [-0.2, 0) is 9.59 Å². The number of hydrogen-bond acceptors (Lipinski definition) is 2. The summed E-state index contributed by atoms with van der Waals surface area (Å²) in [7, 11) is 0. The van der Waals surface area contributed by atoms with E-state index in [0.29, 0.717) is 28.8 Å². The first-order valence-corrected chi connectivity index (χ1v) is 8.75. The highest BCUT2D eigenvalue weighted by atomic mass is 35.5. The van der Waals surface area contributed by atoms with Gasteiger partial charge in [0.25, 0.3) is 0 Å². The average Bonchev–Trinajstić information content (AvgIpc) is 2.50. The number of nitrogens with one attached hydrogen (secondary N) is 1. The molecule has 6 heteroatoms. The first-order valence-electron chi connectivity index (χ1n) is 7.99. The molecule has 1 saturated carbocycles. The van der Waals surface area contributed by atoms with Crippen LogP contribution in [0.5, 0.6) is 0 Å². The molecular weight excluding hydrogens is 335 g/mol. The molecule has 0 atom stereocenters. The summed E-state index contributed by atoms with van der Waals surface area (Å²) in [6.45, 7) is 2.29. The van der Waals surface area contributed by atoms with Crippen LogP contribution in [-0.4, -0.2) is 24.9 Å². The van der Waals surface area contributed by atoms with E-state index in [1.165, 1.54) is 13.3 Å². The van der Waals surface area contributed by atoms with Gasteiger partial charge in [0.2, 0.25) is 11.8 Å². The van der Waals surface area contributed by atoms with Gasteiger partial charge >= 0.3 is 0 Å². The Morgan fingerprint density at radius 1 is 1.13 bits per heavy atom. The lowest BCUT2D eigenvalue weighted by atomic mass is 9.89. The molecule has 0 spiro atoms. The molecule has 0 radical (unpaired) electrons. The van der Waals surface area contributed by atoms with E-state index >= 15 is 0 Å². The third kappa shape index (κ3) is 5.40. The molecule has 1 N–H and O–H groups in total. The van der Waals surface area contributed by atoms with Gasteiger partial charge in [-0.15, -0.1) is 0 Å². The number of carbonyl (C=O) groups is 2. The fraction of sp³-hybridized carbons (Fsp3) is 0.529. The van der Waals surface area contributed by atoms with Crippen molar-refractivity contribution in [2.45, 2.75) is 39.0 Å². The van der Waals surface area contributed by atoms with Gasteiger partial charge in [-0.3, -0.25) is 9.59 Å². The molecule has 1 fully saturated rings. The predicted octanol–water partition coefficient (Wildman–Crippen LogP) is 4.04. The molecule has 1 aliphatic rings. The Morgan fingerprint density at radius 3 is 2.30 bits per heavy atom. The third-order valence-corrected chi connectivity index (χ3v) is 4.59. The van der Waals surface area contributed by atoms with Gasteiger partial charge in [-0.25, -0.2) is 0 Å². The highest BCUT2D eigenvalue weighted by Crippen LogP contribution is 2.26. The summed E-state index contributed by atoms with van der Waals surface area (Å²) >= 11 is 12.0. The number of nitrogens with zero attached hydrogens (tertiary/aromatic N) is 1. The molecule has 1 aromatic carbocycles. The van der Waals surface area contributed by atoms with Crippen molar-refractivity contribution in [3.8, 4) is 0 Å². The van der Waals surface area contributed by atoms with Crippen molar-refractivity contribution < 1.29 is 9.59 Å². The van der Waals surface area contributed by atoms with Gasteiger partial charge in [0.15, 0.2) is 0 Å². The quantitative estimate of drug-likeness (QED) is 0.865. The number of rotatable bonds is 5. The summed E-state index contributed by atoms with van der Waals surface area (Å²) in [5, 5.41) is 3.89. The Bertz CT molecular complexity index is 551. The normalized spacial score (nSPS) is 15.3. The lowest BCUT2D eigenvalue weighted by Gasteiger charge is -2.24. The number of anilines is 1. The molecule has 1 aliphatic carbocycles. The number of halogens is 2. The van der Waals surface area contributed by atoms with Crippen molar-refractivity contribution in [3.05, 3.63) is 28.2 Å². The molecule has 2 rings (SSSR count). The van der Waals surface area contributed by atoms with Crippen LogP contribution < -0.4 is 10.2 Å². The van der Waals surface area contributed by atoms with E-state index in [-0.39, 0.29) is 17.7 Å². The van der Waals surface area contributed by atoms with Gasteiger partial charge in [-0.05, 0) is 31.0 Å². The molecule has 0 unspecified atom stereocenters. The molecule has 0 aromatic heterocycles. The smallest absolute Gasteiger partial charge is 0.223 e. The van der Waals surface area contributed by atoms with Crippen LogP contribution in [0.1, 0.15) is 39.0 Å². The van der Waals surface area contributed by atoms with Crippen LogP contribution >= 0.6 is 23.2 Å². The minimum Gasteiger partial charge on any atom is -0.354 e. The first-order chi connectivity index (χ1) is 11.0. The van der Waals surface area contributed by atoms with Gasteiger partial charge < -0.3 is 10.2 Å². The van der Waals surface area contributed by atoms with Crippen molar-refractivity contribution in [2.24, 2.45) is 5.92 Å². The standard InChI is InChI=1S/C17H22Cl2N2O2/c1-12(22)21(16-10-14(18)9-15(19)11-16)8-7-20-17(23)13-5-3-2-4-6-13/h9-11,13H,2-8H2,1H3,(H,20,23). The predicted molar refractivity (Wildman–Crippen MR) is 94.1 cm³/mol. The van der Waals surface area contributed by atoms with Gasteiger partial charge in [0, 0.05) is 41.7 Å². The lowest BCUT2D eigenvalue weighted by Crippen LogP contribution is -2.40. The Morgan fingerprint density at radius 2 is 1.74 bits per heavy atom. The summed E-state index contributed by atoms with van der Waals surface area (Å²) < 4.78 is 0. The maximum Gasteiger partial charge on any atom is 0.223 e. The van der Waals surface area contributed by atoms with Gasteiger partial charge in [0.1, 0.15) is 0 Å². The van der Waals surface area contributed by atoms with E-state index < -0.39 is 0 Å². The van der Waals surface area contributed by atoms with E-state index in [4.69, 9.17) is 23.2 Å². The molecule has 0 heterocycles. The first kappa shape index (κ1) is 18.1. The number of hydrogen-bond donors (Lipinski definition) is 1.